The van der Waals surface area contributed by atoms with Gasteiger partial charge in [-0.05, 0) is 26.8 Å². The first-order valence-corrected chi connectivity index (χ1v) is 8.83. The van der Waals surface area contributed by atoms with Crippen LogP contribution in [0.25, 0.3) is 0 Å². The quantitative estimate of drug-likeness (QED) is 0.777. The van der Waals surface area contributed by atoms with Gasteiger partial charge in [0.25, 0.3) is 0 Å². The predicted octanol–water partition coefficient (Wildman–Crippen LogP) is 0.267. The van der Waals surface area contributed by atoms with Crippen molar-refractivity contribution in [3.05, 3.63) is 11.6 Å². The molecule has 0 spiro atoms. The second-order valence-electron chi connectivity index (χ2n) is 6.84. The summed E-state index contributed by atoms with van der Waals surface area (Å²) >= 11 is 0. The van der Waals surface area contributed by atoms with E-state index in [0.29, 0.717) is 12.0 Å². The summed E-state index contributed by atoms with van der Waals surface area (Å²) in [7, 11) is 2.16. The summed E-state index contributed by atoms with van der Waals surface area (Å²) in [6.07, 6.45) is 2.09. The summed E-state index contributed by atoms with van der Waals surface area (Å²) in [6, 6.07) is 0.349. The van der Waals surface area contributed by atoms with E-state index in [0.717, 1.165) is 77.0 Å². The van der Waals surface area contributed by atoms with Crippen LogP contribution in [0.3, 0.4) is 0 Å². The average Bonchev–Trinajstić information content (AvgIpc) is 2.93. The van der Waals surface area contributed by atoms with Crippen molar-refractivity contribution in [2.24, 2.45) is 5.73 Å². The van der Waals surface area contributed by atoms with Crippen LogP contribution in [0.1, 0.15) is 37.3 Å². The van der Waals surface area contributed by atoms with Crippen LogP contribution in [0, 0.1) is 0 Å². The van der Waals surface area contributed by atoms with Crippen molar-refractivity contribution in [3.63, 3.8) is 0 Å². The minimum atomic E-state index is 0.349. The molecule has 0 unspecified atom stereocenters. The lowest BCUT2D eigenvalue weighted by atomic mass is 9.80. The van der Waals surface area contributed by atoms with Gasteiger partial charge < -0.3 is 15.0 Å². The van der Waals surface area contributed by atoms with Crippen LogP contribution in [0.2, 0.25) is 0 Å². The molecule has 2 heterocycles. The molecule has 1 aliphatic heterocycles. The largest absolute Gasteiger partial charge is 0.379 e. The minimum Gasteiger partial charge on any atom is -0.379 e. The van der Waals surface area contributed by atoms with Gasteiger partial charge in [-0.15, -0.1) is 10.2 Å². The Morgan fingerprint density at radius 3 is 2.65 bits per heavy atom. The number of rotatable bonds is 7. The summed E-state index contributed by atoms with van der Waals surface area (Å²) in [6.45, 7) is 9.90. The van der Waals surface area contributed by atoms with Gasteiger partial charge in [0.2, 0.25) is 0 Å². The van der Waals surface area contributed by atoms with E-state index in [9.17, 15) is 0 Å². The third-order valence-electron chi connectivity index (χ3n) is 5.02. The molecule has 3 rings (SSSR count). The van der Waals surface area contributed by atoms with Crippen molar-refractivity contribution in [2.45, 2.75) is 44.8 Å². The van der Waals surface area contributed by atoms with Crippen LogP contribution >= 0.6 is 0 Å². The van der Waals surface area contributed by atoms with Crippen LogP contribution in [0.4, 0.5) is 0 Å². The standard InChI is InChI=1S/C16H30N6O/c1-3-22-15(18-19-16(22)13-10-14(17)11-13)12-20(2)4-5-21-6-8-23-9-7-21/h13-14H,3-12,17H2,1-2H3. The van der Waals surface area contributed by atoms with Crippen LogP contribution in [0.5, 0.6) is 0 Å². The molecule has 2 aliphatic rings. The van der Waals surface area contributed by atoms with E-state index >= 15 is 0 Å². The van der Waals surface area contributed by atoms with Crippen molar-refractivity contribution in [1.82, 2.24) is 24.6 Å². The smallest absolute Gasteiger partial charge is 0.147 e. The van der Waals surface area contributed by atoms with Gasteiger partial charge in [0.05, 0.1) is 19.8 Å². The summed E-state index contributed by atoms with van der Waals surface area (Å²) < 4.78 is 7.68. The van der Waals surface area contributed by atoms with Gasteiger partial charge in [0.15, 0.2) is 0 Å². The normalized spacial score (nSPS) is 25.7. The van der Waals surface area contributed by atoms with Gasteiger partial charge in [-0.1, -0.05) is 0 Å². The highest BCUT2D eigenvalue weighted by atomic mass is 16.5. The molecule has 130 valence electrons. The van der Waals surface area contributed by atoms with Gasteiger partial charge in [-0.25, -0.2) is 0 Å². The Bertz CT molecular complexity index is 493. The number of nitrogens with zero attached hydrogens (tertiary/aromatic N) is 5. The second-order valence-corrected chi connectivity index (χ2v) is 6.84. The molecule has 0 aromatic carbocycles. The molecule has 0 bridgehead atoms. The van der Waals surface area contributed by atoms with Gasteiger partial charge in [-0.3, -0.25) is 9.80 Å². The van der Waals surface area contributed by atoms with Gasteiger partial charge >= 0.3 is 0 Å². The number of aromatic nitrogens is 3. The van der Waals surface area contributed by atoms with Crippen molar-refractivity contribution >= 4 is 0 Å². The van der Waals surface area contributed by atoms with Crippen molar-refractivity contribution in [1.29, 1.82) is 0 Å². The van der Waals surface area contributed by atoms with Crippen LogP contribution in [-0.4, -0.2) is 77.0 Å². The third-order valence-corrected chi connectivity index (χ3v) is 5.02. The van der Waals surface area contributed by atoms with E-state index in [2.05, 4.69) is 38.5 Å². The lowest BCUT2D eigenvalue weighted by Crippen LogP contribution is -2.40. The Kier molecular flexibility index (Phi) is 5.63. The molecule has 2 N–H and O–H groups in total. The van der Waals surface area contributed by atoms with Crippen LogP contribution in [0.15, 0.2) is 0 Å². The first-order valence-electron chi connectivity index (χ1n) is 8.83. The molecule has 0 radical (unpaired) electrons. The lowest BCUT2D eigenvalue weighted by molar-refractivity contribution is 0.0340. The monoisotopic (exact) mass is 322 g/mol. The molecular weight excluding hydrogens is 292 g/mol. The fourth-order valence-electron chi connectivity index (χ4n) is 3.44. The van der Waals surface area contributed by atoms with Gasteiger partial charge in [0, 0.05) is 44.7 Å². The number of ether oxygens (including phenoxy) is 1. The van der Waals surface area contributed by atoms with Crippen molar-refractivity contribution in [3.8, 4) is 0 Å². The van der Waals surface area contributed by atoms with Crippen molar-refractivity contribution in [2.75, 3.05) is 46.4 Å². The molecule has 23 heavy (non-hydrogen) atoms. The molecule has 1 aromatic rings. The Labute approximate surface area is 138 Å². The average molecular weight is 322 g/mol. The van der Waals surface area contributed by atoms with Crippen molar-refractivity contribution < 1.29 is 4.74 Å². The number of morpholine rings is 1. The SMILES string of the molecule is CCn1c(CN(C)CCN2CCOCC2)nnc1C1CC(N)C1. The lowest BCUT2D eigenvalue weighted by Gasteiger charge is -2.32. The Balaban J connectivity index is 1.52. The highest BCUT2D eigenvalue weighted by Crippen LogP contribution is 2.34. The van der Waals surface area contributed by atoms with E-state index < -0.39 is 0 Å². The van der Waals surface area contributed by atoms with E-state index in [4.69, 9.17) is 10.5 Å². The summed E-state index contributed by atoms with van der Waals surface area (Å²) in [5.41, 5.74) is 5.92. The summed E-state index contributed by atoms with van der Waals surface area (Å²) in [5, 5.41) is 8.90. The van der Waals surface area contributed by atoms with Gasteiger partial charge in [-0.2, -0.15) is 0 Å². The van der Waals surface area contributed by atoms with E-state index in [1.807, 2.05) is 0 Å². The third kappa shape index (κ3) is 4.09. The molecule has 2 fully saturated rings. The molecular formula is C16H30N6O. The molecule has 1 aromatic heterocycles. The molecule has 0 atom stereocenters. The summed E-state index contributed by atoms with van der Waals surface area (Å²) in [5.74, 6) is 2.71. The topological polar surface area (TPSA) is 72.4 Å². The van der Waals surface area contributed by atoms with E-state index in [-0.39, 0.29) is 0 Å². The Hall–Kier alpha value is -1.02. The first kappa shape index (κ1) is 16.8. The molecule has 1 aliphatic carbocycles. The zero-order chi connectivity index (χ0) is 16.2. The second kappa shape index (κ2) is 7.70. The Morgan fingerprint density at radius 1 is 1.26 bits per heavy atom. The van der Waals surface area contributed by atoms with E-state index in [1.165, 1.54) is 0 Å². The number of nitrogens with two attached hydrogens (primary N) is 1. The Morgan fingerprint density at radius 2 is 2.00 bits per heavy atom. The number of likely N-dealkylation sites (N-methyl/N-ethyl adjacent to an activating group) is 1. The fraction of sp³-hybridized carbons (Fsp3) is 0.875. The first-order chi connectivity index (χ1) is 11.2. The number of hydrogen-bond donors (Lipinski definition) is 1. The molecule has 0 amide bonds. The maximum absolute atomic E-state index is 5.92. The number of hydrogen-bond acceptors (Lipinski definition) is 6. The zero-order valence-electron chi connectivity index (χ0n) is 14.4. The highest BCUT2D eigenvalue weighted by Gasteiger charge is 2.32. The maximum Gasteiger partial charge on any atom is 0.147 e. The molecule has 7 nitrogen and oxygen atoms in total. The van der Waals surface area contributed by atoms with Crippen LogP contribution in [-0.2, 0) is 17.8 Å². The van der Waals surface area contributed by atoms with Gasteiger partial charge in [0.1, 0.15) is 11.6 Å². The summed E-state index contributed by atoms with van der Waals surface area (Å²) in [4.78, 5) is 4.80. The molecule has 1 saturated carbocycles. The fourth-order valence-corrected chi connectivity index (χ4v) is 3.44. The molecule has 1 saturated heterocycles. The highest BCUT2D eigenvalue weighted by molar-refractivity contribution is 5.08. The predicted molar refractivity (Wildman–Crippen MR) is 89.2 cm³/mol. The molecule has 7 heteroatoms. The van der Waals surface area contributed by atoms with Crippen LogP contribution < -0.4 is 5.73 Å². The maximum atomic E-state index is 5.92. The zero-order valence-corrected chi connectivity index (χ0v) is 14.4. The van der Waals surface area contributed by atoms with E-state index in [1.54, 1.807) is 0 Å². The minimum absolute atomic E-state index is 0.349.